The maximum absolute atomic E-state index is 10.7. The second kappa shape index (κ2) is 5.94. The van der Waals surface area contributed by atoms with Gasteiger partial charge in [-0.25, -0.2) is 9.97 Å². The number of aromatic nitrogens is 2. The number of hydrogen-bond acceptors (Lipinski definition) is 7. The molecular formula is C14H12N4O3S. The summed E-state index contributed by atoms with van der Waals surface area (Å²) < 4.78 is 5.30. The van der Waals surface area contributed by atoms with E-state index in [1.807, 2.05) is 17.5 Å². The van der Waals surface area contributed by atoms with Gasteiger partial charge in [0.25, 0.3) is 5.69 Å². The number of anilines is 1. The largest absolute Gasteiger partial charge is 0.462 e. The van der Waals surface area contributed by atoms with Gasteiger partial charge in [0, 0.05) is 11.4 Å². The van der Waals surface area contributed by atoms with E-state index in [4.69, 9.17) is 4.42 Å². The number of pyridine rings is 1. The first-order valence-corrected chi connectivity index (χ1v) is 7.34. The Hall–Kier alpha value is -2.74. The quantitative estimate of drug-likeness (QED) is 0.570. The number of hydrogen-bond donors (Lipinski definition) is 1. The molecule has 0 atom stereocenters. The van der Waals surface area contributed by atoms with Gasteiger partial charge in [-0.1, -0.05) is 0 Å². The number of rotatable bonds is 5. The molecular weight excluding hydrogens is 304 g/mol. The lowest BCUT2D eigenvalue weighted by atomic mass is 10.2. The van der Waals surface area contributed by atoms with Crippen molar-refractivity contribution in [2.45, 2.75) is 13.5 Å². The van der Waals surface area contributed by atoms with Crippen molar-refractivity contribution in [1.29, 1.82) is 0 Å². The van der Waals surface area contributed by atoms with Crippen LogP contribution in [0.3, 0.4) is 0 Å². The highest BCUT2D eigenvalue weighted by Gasteiger charge is 2.11. The Morgan fingerprint density at radius 1 is 1.50 bits per heavy atom. The smallest absolute Gasteiger partial charge is 0.287 e. The fourth-order valence-corrected chi connectivity index (χ4v) is 2.71. The number of nitrogens with one attached hydrogen (secondary N) is 1. The average Bonchev–Trinajstić information content (AvgIpc) is 3.16. The van der Waals surface area contributed by atoms with Crippen molar-refractivity contribution in [1.82, 2.24) is 9.97 Å². The summed E-state index contributed by atoms with van der Waals surface area (Å²) in [6, 6.07) is 5.17. The van der Waals surface area contributed by atoms with E-state index in [2.05, 4.69) is 15.3 Å². The zero-order valence-corrected chi connectivity index (χ0v) is 12.5. The van der Waals surface area contributed by atoms with Crippen molar-refractivity contribution in [3.8, 4) is 10.8 Å². The predicted octanol–water partition coefficient (Wildman–Crippen LogP) is 3.63. The van der Waals surface area contributed by atoms with E-state index >= 15 is 0 Å². The maximum Gasteiger partial charge on any atom is 0.287 e. The molecule has 0 aliphatic heterocycles. The number of nitro groups is 1. The zero-order valence-electron chi connectivity index (χ0n) is 11.6. The van der Waals surface area contributed by atoms with Gasteiger partial charge in [-0.15, -0.1) is 11.3 Å². The third kappa shape index (κ3) is 2.96. The second-order valence-corrected chi connectivity index (χ2v) is 5.45. The van der Waals surface area contributed by atoms with Crippen molar-refractivity contribution in [2.75, 3.05) is 5.32 Å². The van der Waals surface area contributed by atoms with Gasteiger partial charge in [-0.05, 0) is 24.6 Å². The zero-order chi connectivity index (χ0) is 15.5. The highest BCUT2D eigenvalue weighted by atomic mass is 32.1. The molecule has 3 heterocycles. The van der Waals surface area contributed by atoms with Crippen LogP contribution in [0.5, 0.6) is 0 Å². The second-order valence-electron chi connectivity index (χ2n) is 4.59. The molecule has 0 aliphatic carbocycles. The summed E-state index contributed by atoms with van der Waals surface area (Å²) in [5.74, 6) is 1.35. The first-order valence-electron chi connectivity index (χ1n) is 6.46. The lowest BCUT2D eigenvalue weighted by molar-refractivity contribution is -0.385. The van der Waals surface area contributed by atoms with Crippen LogP contribution in [0.25, 0.3) is 10.8 Å². The maximum atomic E-state index is 10.7. The molecule has 0 saturated heterocycles. The predicted molar refractivity (Wildman–Crippen MR) is 82.8 cm³/mol. The monoisotopic (exact) mass is 316 g/mol. The summed E-state index contributed by atoms with van der Waals surface area (Å²) in [5.41, 5.74) is 1.56. The molecule has 1 N–H and O–H groups in total. The Kier molecular flexibility index (Phi) is 3.84. The molecule has 3 rings (SSSR count). The third-order valence-corrected chi connectivity index (χ3v) is 3.90. The van der Waals surface area contributed by atoms with Crippen molar-refractivity contribution >= 4 is 22.8 Å². The van der Waals surface area contributed by atoms with Crippen LogP contribution in [0.2, 0.25) is 0 Å². The number of aryl methyl sites for hydroxylation is 1. The van der Waals surface area contributed by atoms with Crippen molar-refractivity contribution < 1.29 is 9.34 Å². The van der Waals surface area contributed by atoms with Gasteiger partial charge in [0.1, 0.15) is 12.0 Å². The van der Waals surface area contributed by atoms with Gasteiger partial charge < -0.3 is 9.73 Å². The Morgan fingerprint density at radius 3 is 3.05 bits per heavy atom. The topological polar surface area (TPSA) is 94.1 Å². The number of furan rings is 1. The Balaban J connectivity index is 1.69. The molecule has 3 aromatic heterocycles. The molecule has 3 aromatic rings. The Morgan fingerprint density at radius 2 is 2.36 bits per heavy atom. The SMILES string of the molecule is Cc1cc([N+](=O)[O-])cnc1NCc1csc(-c2ccco2)n1. The molecule has 0 saturated carbocycles. The van der Waals surface area contributed by atoms with Gasteiger partial charge in [0.05, 0.1) is 23.4 Å². The van der Waals surface area contributed by atoms with E-state index in [9.17, 15) is 10.1 Å². The fourth-order valence-electron chi connectivity index (χ4n) is 1.92. The van der Waals surface area contributed by atoms with E-state index < -0.39 is 4.92 Å². The Bertz CT molecular complexity index is 798. The van der Waals surface area contributed by atoms with Crippen LogP contribution in [-0.4, -0.2) is 14.9 Å². The molecule has 0 unspecified atom stereocenters. The molecule has 7 nitrogen and oxygen atoms in total. The van der Waals surface area contributed by atoms with Gasteiger partial charge in [0.15, 0.2) is 10.8 Å². The summed E-state index contributed by atoms with van der Waals surface area (Å²) in [5, 5.41) is 16.6. The van der Waals surface area contributed by atoms with Crippen LogP contribution in [0.1, 0.15) is 11.3 Å². The molecule has 112 valence electrons. The summed E-state index contributed by atoms with van der Waals surface area (Å²) in [7, 11) is 0. The van der Waals surface area contributed by atoms with E-state index in [1.165, 1.54) is 23.6 Å². The highest BCUT2D eigenvalue weighted by molar-refractivity contribution is 7.13. The van der Waals surface area contributed by atoms with Crippen molar-refractivity contribution in [3.63, 3.8) is 0 Å². The van der Waals surface area contributed by atoms with E-state index in [-0.39, 0.29) is 5.69 Å². The van der Waals surface area contributed by atoms with Gasteiger partial charge in [0.2, 0.25) is 0 Å². The van der Waals surface area contributed by atoms with Crippen LogP contribution in [0, 0.1) is 17.0 Å². The summed E-state index contributed by atoms with van der Waals surface area (Å²) in [4.78, 5) is 18.8. The first-order chi connectivity index (χ1) is 10.6. The molecule has 0 spiro atoms. The molecule has 22 heavy (non-hydrogen) atoms. The van der Waals surface area contributed by atoms with Crippen molar-refractivity contribution in [2.24, 2.45) is 0 Å². The van der Waals surface area contributed by atoms with Gasteiger partial charge in [-0.2, -0.15) is 0 Å². The fraction of sp³-hybridized carbons (Fsp3) is 0.143. The van der Waals surface area contributed by atoms with E-state index in [0.29, 0.717) is 12.4 Å². The van der Waals surface area contributed by atoms with Gasteiger partial charge >= 0.3 is 0 Å². The third-order valence-electron chi connectivity index (χ3n) is 3.00. The lowest BCUT2D eigenvalue weighted by Gasteiger charge is -2.06. The molecule has 0 fully saturated rings. The summed E-state index contributed by atoms with van der Waals surface area (Å²) in [6.45, 7) is 2.26. The van der Waals surface area contributed by atoms with E-state index in [0.717, 1.165) is 22.0 Å². The average molecular weight is 316 g/mol. The molecule has 8 heteroatoms. The Labute approximate surface area is 129 Å². The lowest BCUT2D eigenvalue weighted by Crippen LogP contribution is -2.04. The van der Waals surface area contributed by atoms with Crippen LogP contribution < -0.4 is 5.32 Å². The minimum atomic E-state index is -0.458. The molecule has 0 radical (unpaired) electrons. The van der Waals surface area contributed by atoms with Crippen LogP contribution in [0.4, 0.5) is 11.5 Å². The number of thiazole rings is 1. The van der Waals surface area contributed by atoms with Crippen LogP contribution in [0.15, 0.2) is 40.5 Å². The highest BCUT2D eigenvalue weighted by Crippen LogP contribution is 2.24. The molecule has 0 amide bonds. The first kappa shape index (κ1) is 14.2. The normalized spacial score (nSPS) is 10.6. The minimum absolute atomic E-state index is 0.0168. The standard InChI is InChI=1S/C14H12N4O3S/c1-9-5-11(18(19)20)7-16-13(9)15-6-10-8-22-14(17-10)12-3-2-4-21-12/h2-5,7-8H,6H2,1H3,(H,15,16). The van der Waals surface area contributed by atoms with Gasteiger partial charge in [-0.3, -0.25) is 10.1 Å². The van der Waals surface area contributed by atoms with E-state index in [1.54, 1.807) is 13.2 Å². The summed E-state index contributed by atoms with van der Waals surface area (Å²) >= 11 is 1.50. The molecule has 0 aromatic carbocycles. The minimum Gasteiger partial charge on any atom is -0.462 e. The number of nitrogens with zero attached hydrogens (tertiary/aromatic N) is 3. The van der Waals surface area contributed by atoms with Crippen LogP contribution in [-0.2, 0) is 6.54 Å². The summed E-state index contributed by atoms with van der Waals surface area (Å²) in [6.07, 6.45) is 2.85. The van der Waals surface area contributed by atoms with Crippen molar-refractivity contribution in [3.05, 3.63) is 57.4 Å². The van der Waals surface area contributed by atoms with Crippen LogP contribution >= 0.6 is 11.3 Å². The molecule has 0 bridgehead atoms. The molecule has 0 aliphatic rings.